The van der Waals surface area contributed by atoms with Gasteiger partial charge in [0, 0.05) is 24.8 Å². The molecule has 0 fully saturated rings. The van der Waals surface area contributed by atoms with Gasteiger partial charge in [0.25, 0.3) is 0 Å². The highest BCUT2D eigenvalue weighted by atomic mass is 16.5. The molecule has 3 aromatic carbocycles. The van der Waals surface area contributed by atoms with Crippen molar-refractivity contribution in [2.45, 2.75) is 34.3 Å². The monoisotopic (exact) mass is 427 g/mol. The number of fused-ring (bicyclic) bond motifs is 1. The molecule has 0 atom stereocenters. The van der Waals surface area contributed by atoms with Crippen molar-refractivity contribution in [2.24, 2.45) is 0 Å². The van der Waals surface area contributed by atoms with Gasteiger partial charge in [-0.25, -0.2) is 0 Å². The summed E-state index contributed by atoms with van der Waals surface area (Å²) in [5.41, 5.74) is 6.22. The van der Waals surface area contributed by atoms with Gasteiger partial charge in [-0.1, -0.05) is 35.9 Å². The fourth-order valence-electron chi connectivity index (χ4n) is 3.90. The molecule has 1 heterocycles. The minimum absolute atomic E-state index is 0.103. The minimum atomic E-state index is -0.103. The summed E-state index contributed by atoms with van der Waals surface area (Å²) in [5.74, 6) is 1.46. The second kappa shape index (κ2) is 9.31. The number of hydrogen-bond acceptors (Lipinski definition) is 4. The molecule has 0 saturated carbocycles. The van der Waals surface area contributed by atoms with Gasteiger partial charge in [0.15, 0.2) is 5.76 Å². The van der Waals surface area contributed by atoms with E-state index in [0.717, 1.165) is 24.2 Å². The lowest BCUT2D eigenvalue weighted by molar-refractivity contribution is 0.101. The first-order valence-electron chi connectivity index (χ1n) is 11.1. The Morgan fingerprint density at radius 1 is 0.938 bits per heavy atom. The second-order valence-electron chi connectivity index (χ2n) is 8.08. The van der Waals surface area contributed by atoms with Gasteiger partial charge in [-0.15, -0.1) is 0 Å². The van der Waals surface area contributed by atoms with E-state index >= 15 is 0 Å². The molecule has 32 heavy (non-hydrogen) atoms. The number of carbonyl (C=O) groups is 1. The number of Topliss-reactive ketones (excluding diaryl/α,β-unsaturated/α-hetero) is 1. The van der Waals surface area contributed by atoms with E-state index < -0.39 is 0 Å². The van der Waals surface area contributed by atoms with E-state index in [-0.39, 0.29) is 5.78 Å². The molecule has 4 heteroatoms. The zero-order valence-corrected chi connectivity index (χ0v) is 19.1. The van der Waals surface area contributed by atoms with Gasteiger partial charge in [0.1, 0.15) is 18.1 Å². The Kier molecular flexibility index (Phi) is 6.31. The molecule has 4 nitrogen and oxygen atoms in total. The molecule has 0 unspecified atom stereocenters. The predicted molar refractivity (Wildman–Crippen MR) is 130 cm³/mol. The Labute approximate surface area is 190 Å². The van der Waals surface area contributed by atoms with Crippen LogP contribution in [0.15, 0.2) is 66.4 Å². The van der Waals surface area contributed by atoms with E-state index in [1.807, 2.05) is 18.2 Å². The van der Waals surface area contributed by atoms with Gasteiger partial charge < -0.3 is 14.4 Å². The van der Waals surface area contributed by atoms with Crippen molar-refractivity contribution >= 4 is 17.5 Å². The maximum absolute atomic E-state index is 12.8. The van der Waals surface area contributed by atoms with Gasteiger partial charge >= 0.3 is 0 Å². The molecule has 0 amide bonds. The summed E-state index contributed by atoms with van der Waals surface area (Å²) in [5, 5.41) is 0. The van der Waals surface area contributed by atoms with Gasteiger partial charge in [0.05, 0.1) is 5.56 Å². The summed E-state index contributed by atoms with van der Waals surface area (Å²) in [6, 6.07) is 19.9. The number of nitrogens with zero attached hydrogens (tertiary/aromatic N) is 1. The highest BCUT2D eigenvalue weighted by molar-refractivity contribution is 6.14. The molecule has 0 N–H and O–H groups in total. The average molecular weight is 428 g/mol. The first kappa shape index (κ1) is 21.7. The summed E-state index contributed by atoms with van der Waals surface area (Å²) in [7, 11) is 0. The van der Waals surface area contributed by atoms with Crippen LogP contribution in [-0.4, -0.2) is 18.9 Å². The number of rotatable bonds is 7. The highest BCUT2D eigenvalue weighted by Gasteiger charge is 2.27. The Bertz CT molecular complexity index is 1160. The van der Waals surface area contributed by atoms with Crippen LogP contribution in [0.2, 0.25) is 0 Å². The molecule has 0 aromatic heterocycles. The van der Waals surface area contributed by atoms with Crippen LogP contribution in [0.1, 0.15) is 46.5 Å². The molecule has 0 radical (unpaired) electrons. The number of ether oxygens (including phenoxy) is 2. The van der Waals surface area contributed by atoms with Crippen LogP contribution < -0.4 is 14.4 Å². The highest BCUT2D eigenvalue weighted by Crippen LogP contribution is 2.35. The zero-order valence-electron chi connectivity index (χ0n) is 19.1. The molecular weight excluding hydrogens is 398 g/mol. The maximum atomic E-state index is 12.8. The van der Waals surface area contributed by atoms with Crippen molar-refractivity contribution < 1.29 is 14.3 Å². The number of hydrogen-bond donors (Lipinski definition) is 0. The van der Waals surface area contributed by atoms with Crippen LogP contribution in [0, 0.1) is 13.8 Å². The third-order valence-corrected chi connectivity index (χ3v) is 5.86. The fraction of sp³-hybridized carbons (Fsp3) is 0.250. The van der Waals surface area contributed by atoms with E-state index in [9.17, 15) is 4.79 Å². The Morgan fingerprint density at radius 3 is 2.41 bits per heavy atom. The first-order chi connectivity index (χ1) is 15.5. The van der Waals surface area contributed by atoms with Crippen LogP contribution in [0.4, 0.5) is 5.69 Å². The third-order valence-electron chi connectivity index (χ3n) is 5.86. The number of allylic oxidation sites excluding steroid dienone is 1. The minimum Gasteiger partial charge on any atom is -0.489 e. The van der Waals surface area contributed by atoms with Gasteiger partial charge in [-0.2, -0.15) is 0 Å². The van der Waals surface area contributed by atoms with Crippen molar-refractivity contribution in [1.82, 2.24) is 0 Å². The van der Waals surface area contributed by atoms with E-state index in [1.54, 1.807) is 18.2 Å². The standard InChI is InChI=1S/C28H29NO3/c1-5-29(6-2)23-11-9-21(10-12-23)16-27-28(30)25-14-13-24(17-26(25)32-27)31-18-22-15-19(3)7-8-20(22)4/h7-17H,5-6,18H2,1-4H3/b27-16-. The van der Waals surface area contributed by atoms with Gasteiger partial charge in [0.2, 0.25) is 5.78 Å². The molecule has 0 spiro atoms. The number of ketones is 1. The summed E-state index contributed by atoms with van der Waals surface area (Å²) in [4.78, 5) is 15.1. The lowest BCUT2D eigenvalue weighted by Gasteiger charge is -2.20. The summed E-state index contributed by atoms with van der Waals surface area (Å²) in [6.45, 7) is 10.8. The molecular formula is C28H29NO3. The number of benzene rings is 3. The smallest absolute Gasteiger partial charge is 0.231 e. The van der Waals surface area contributed by atoms with Crippen molar-refractivity contribution in [3.63, 3.8) is 0 Å². The van der Waals surface area contributed by atoms with Gasteiger partial charge in [-0.05, 0) is 74.7 Å². The Balaban J connectivity index is 1.48. The van der Waals surface area contributed by atoms with Crippen LogP contribution in [0.5, 0.6) is 11.5 Å². The second-order valence-corrected chi connectivity index (χ2v) is 8.08. The van der Waals surface area contributed by atoms with Crippen LogP contribution in [-0.2, 0) is 6.61 Å². The normalized spacial score (nSPS) is 13.8. The van der Waals surface area contributed by atoms with Crippen LogP contribution >= 0.6 is 0 Å². The number of aryl methyl sites for hydroxylation is 2. The van der Waals surface area contributed by atoms with E-state index in [4.69, 9.17) is 9.47 Å². The lowest BCUT2D eigenvalue weighted by atomic mass is 10.1. The molecule has 3 aromatic rings. The summed E-state index contributed by atoms with van der Waals surface area (Å²) in [6.07, 6.45) is 1.80. The molecule has 4 rings (SSSR count). The van der Waals surface area contributed by atoms with E-state index in [1.165, 1.54) is 16.8 Å². The fourth-order valence-corrected chi connectivity index (χ4v) is 3.90. The quantitative estimate of drug-likeness (QED) is 0.412. The summed E-state index contributed by atoms with van der Waals surface area (Å²) >= 11 is 0. The van der Waals surface area contributed by atoms with Gasteiger partial charge in [-0.3, -0.25) is 4.79 Å². The van der Waals surface area contributed by atoms with E-state index in [2.05, 4.69) is 62.9 Å². The maximum Gasteiger partial charge on any atom is 0.231 e. The third kappa shape index (κ3) is 4.54. The van der Waals surface area contributed by atoms with Crippen LogP contribution in [0.3, 0.4) is 0 Å². The molecule has 0 aliphatic carbocycles. The molecule has 164 valence electrons. The summed E-state index contributed by atoms with van der Waals surface area (Å²) < 4.78 is 11.9. The number of anilines is 1. The Morgan fingerprint density at radius 2 is 1.69 bits per heavy atom. The molecule has 0 saturated heterocycles. The van der Waals surface area contributed by atoms with Crippen molar-refractivity contribution in [1.29, 1.82) is 0 Å². The zero-order chi connectivity index (χ0) is 22.7. The van der Waals surface area contributed by atoms with Crippen molar-refractivity contribution in [3.8, 4) is 11.5 Å². The van der Waals surface area contributed by atoms with Crippen molar-refractivity contribution in [3.05, 3.63) is 94.2 Å². The number of carbonyl (C=O) groups excluding carboxylic acids is 1. The van der Waals surface area contributed by atoms with Crippen LogP contribution in [0.25, 0.3) is 6.08 Å². The molecule has 1 aliphatic heterocycles. The first-order valence-corrected chi connectivity index (χ1v) is 11.1. The van der Waals surface area contributed by atoms with E-state index in [0.29, 0.717) is 29.4 Å². The lowest BCUT2D eigenvalue weighted by Crippen LogP contribution is -2.21. The predicted octanol–water partition coefficient (Wildman–Crippen LogP) is 6.34. The molecule has 0 bridgehead atoms. The SMILES string of the molecule is CCN(CC)c1ccc(/C=C2\Oc3cc(OCc4cc(C)ccc4C)ccc3C2=O)cc1. The molecule has 1 aliphatic rings. The Hall–Kier alpha value is -3.53. The van der Waals surface area contributed by atoms with Crippen molar-refractivity contribution in [2.75, 3.05) is 18.0 Å². The largest absolute Gasteiger partial charge is 0.489 e. The average Bonchev–Trinajstić information content (AvgIpc) is 3.11. The topological polar surface area (TPSA) is 38.8 Å².